The Bertz CT molecular complexity index is 875. The third kappa shape index (κ3) is 4.41. The molecule has 3 rings (SSSR count). The molecule has 0 radical (unpaired) electrons. The molecule has 2 aliphatic rings. The Morgan fingerprint density at radius 1 is 1.07 bits per heavy atom. The first-order valence-electron chi connectivity index (χ1n) is 9.46. The zero-order valence-corrected chi connectivity index (χ0v) is 16.8. The third-order valence-corrected chi connectivity index (χ3v) is 7.13. The smallest absolute Gasteiger partial charge is 0.243 e. The monoisotopic (exact) mass is 407 g/mol. The van der Waals surface area contributed by atoms with E-state index in [0.717, 1.165) is 6.42 Å². The van der Waals surface area contributed by atoms with E-state index >= 15 is 0 Å². The van der Waals surface area contributed by atoms with Crippen molar-refractivity contribution in [1.29, 1.82) is 0 Å². The number of benzene rings is 1. The SMILES string of the molecule is CC(=O)c1cccc(S(=O)(=O)N2CCN(C(=O)CCN3CCCC3=O)CC2)c1. The van der Waals surface area contributed by atoms with E-state index in [2.05, 4.69) is 0 Å². The van der Waals surface area contributed by atoms with Gasteiger partial charge in [0, 0.05) is 57.7 Å². The minimum absolute atomic E-state index is 0.0599. The van der Waals surface area contributed by atoms with E-state index in [4.69, 9.17) is 0 Å². The number of ketones is 1. The number of piperazine rings is 1. The Balaban J connectivity index is 1.56. The zero-order chi connectivity index (χ0) is 20.3. The van der Waals surface area contributed by atoms with E-state index < -0.39 is 10.0 Å². The van der Waals surface area contributed by atoms with Crippen LogP contribution < -0.4 is 0 Å². The predicted octanol–water partition coefficient (Wildman–Crippen LogP) is 0.735. The lowest BCUT2D eigenvalue weighted by Crippen LogP contribution is -2.50. The lowest BCUT2D eigenvalue weighted by atomic mass is 10.2. The van der Waals surface area contributed by atoms with Gasteiger partial charge in [-0.1, -0.05) is 12.1 Å². The van der Waals surface area contributed by atoms with Crippen LogP contribution in [0, 0.1) is 0 Å². The second kappa shape index (κ2) is 8.40. The van der Waals surface area contributed by atoms with Crippen LogP contribution in [0.25, 0.3) is 0 Å². The molecule has 28 heavy (non-hydrogen) atoms. The number of amides is 2. The number of Topliss-reactive ketones (excluding diaryl/α,β-unsaturated/α-hetero) is 1. The quantitative estimate of drug-likeness (QED) is 0.648. The summed E-state index contributed by atoms with van der Waals surface area (Å²) in [6.07, 6.45) is 1.66. The van der Waals surface area contributed by atoms with Crippen molar-refractivity contribution in [2.24, 2.45) is 0 Å². The van der Waals surface area contributed by atoms with Crippen molar-refractivity contribution in [3.05, 3.63) is 29.8 Å². The number of likely N-dealkylation sites (tertiary alicyclic amines) is 1. The fourth-order valence-electron chi connectivity index (χ4n) is 3.53. The Morgan fingerprint density at radius 3 is 2.39 bits per heavy atom. The van der Waals surface area contributed by atoms with Crippen molar-refractivity contribution in [2.45, 2.75) is 31.1 Å². The first-order chi connectivity index (χ1) is 13.3. The summed E-state index contributed by atoms with van der Waals surface area (Å²) in [5.41, 5.74) is 0.353. The maximum atomic E-state index is 12.8. The maximum Gasteiger partial charge on any atom is 0.243 e. The van der Waals surface area contributed by atoms with Crippen LogP contribution in [-0.4, -0.2) is 79.4 Å². The third-order valence-electron chi connectivity index (χ3n) is 5.24. The van der Waals surface area contributed by atoms with Crippen LogP contribution in [0.1, 0.15) is 36.5 Å². The first kappa shape index (κ1) is 20.5. The molecule has 2 amide bonds. The van der Waals surface area contributed by atoms with Crippen LogP contribution in [0.4, 0.5) is 0 Å². The molecule has 0 atom stereocenters. The van der Waals surface area contributed by atoms with Gasteiger partial charge in [0.2, 0.25) is 21.8 Å². The number of nitrogens with zero attached hydrogens (tertiary/aromatic N) is 3. The molecule has 0 unspecified atom stereocenters. The van der Waals surface area contributed by atoms with Gasteiger partial charge in [0.15, 0.2) is 5.78 Å². The number of sulfonamides is 1. The molecule has 2 heterocycles. The topological polar surface area (TPSA) is 95.1 Å². The molecular formula is C19H25N3O5S. The highest BCUT2D eigenvalue weighted by Gasteiger charge is 2.30. The Labute approximate surface area is 165 Å². The first-order valence-corrected chi connectivity index (χ1v) is 10.9. The summed E-state index contributed by atoms with van der Waals surface area (Å²) in [5.74, 6) is -0.157. The van der Waals surface area contributed by atoms with Gasteiger partial charge in [-0.2, -0.15) is 4.31 Å². The Kier molecular flexibility index (Phi) is 6.14. The van der Waals surface area contributed by atoms with Crippen LogP contribution in [0.15, 0.2) is 29.2 Å². The van der Waals surface area contributed by atoms with Crippen LogP contribution in [0.2, 0.25) is 0 Å². The van der Waals surface area contributed by atoms with Crippen LogP contribution in [0.5, 0.6) is 0 Å². The summed E-state index contributed by atoms with van der Waals surface area (Å²) in [4.78, 5) is 39.0. The molecule has 0 bridgehead atoms. The van der Waals surface area contributed by atoms with Gasteiger partial charge in [-0.15, -0.1) is 0 Å². The van der Waals surface area contributed by atoms with E-state index in [-0.39, 0.29) is 42.0 Å². The number of rotatable bonds is 6. The van der Waals surface area contributed by atoms with Crippen molar-refractivity contribution in [2.75, 3.05) is 39.3 Å². The minimum atomic E-state index is -3.71. The average molecular weight is 407 g/mol. The number of carbonyl (C=O) groups is 3. The lowest BCUT2D eigenvalue weighted by molar-refractivity contribution is -0.133. The second-order valence-corrected chi connectivity index (χ2v) is 9.04. The van der Waals surface area contributed by atoms with Crippen molar-refractivity contribution in [3.8, 4) is 0 Å². The normalized spacial score (nSPS) is 18.5. The summed E-state index contributed by atoms with van der Waals surface area (Å²) in [5, 5.41) is 0. The van der Waals surface area contributed by atoms with Gasteiger partial charge >= 0.3 is 0 Å². The molecule has 2 fully saturated rings. The molecular weight excluding hydrogens is 382 g/mol. The molecule has 0 N–H and O–H groups in total. The summed E-state index contributed by atoms with van der Waals surface area (Å²) < 4.78 is 27.0. The average Bonchev–Trinajstić information content (AvgIpc) is 3.11. The van der Waals surface area contributed by atoms with Gasteiger partial charge in [-0.25, -0.2) is 8.42 Å². The Morgan fingerprint density at radius 2 is 1.79 bits per heavy atom. The number of hydrogen-bond acceptors (Lipinski definition) is 5. The lowest BCUT2D eigenvalue weighted by Gasteiger charge is -2.34. The standard InChI is InChI=1S/C19H25N3O5S/c1-15(23)16-4-2-5-17(14-16)28(26,27)22-12-10-21(11-13-22)19(25)7-9-20-8-3-6-18(20)24/h2,4-5,14H,3,6-13H2,1H3. The van der Waals surface area contributed by atoms with Crippen molar-refractivity contribution < 1.29 is 22.8 Å². The summed E-state index contributed by atoms with van der Waals surface area (Å²) in [6, 6.07) is 6.01. The summed E-state index contributed by atoms with van der Waals surface area (Å²) in [7, 11) is -3.71. The second-order valence-electron chi connectivity index (χ2n) is 7.10. The molecule has 8 nitrogen and oxygen atoms in total. The van der Waals surface area contributed by atoms with Crippen molar-refractivity contribution >= 4 is 27.6 Å². The molecule has 2 aliphatic heterocycles. The molecule has 0 aliphatic carbocycles. The molecule has 0 aromatic heterocycles. The molecule has 0 spiro atoms. The Hall–Kier alpha value is -2.26. The summed E-state index contributed by atoms with van der Waals surface area (Å²) >= 11 is 0. The van der Waals surface area contributed by atoms with Crippen molar-refractivity contribution in [3.63, 3.8) is 0 Å². The van der Waals surface area contributed by atoms with Gasteiger partial charge in [0.1, 0.15) is 0 Å². The highest BCUT2D eigenvalue weighted by Crippen LogP contribution is 2.19. The van der Waals surface area contributed by atoms with E-state index in [9.17, 15) is 22.8 Å². The molecule has 2 saturated heterocycles. The van der Waals surface area contributed by atoms with Crippen molar-refractivity contribution in [1.82, 2.24) is 14.1 Å². The fraction of sp³-hybridized carbons (Fsp3) is 0.526. The highest BCUT2D eigenvalue weighted by molar-refractivity contribution is 7.89. The molecule has 0 saturated carbocycles. The number of hydrogen-bond donors (Lipinski definition) is 0. The number of carbonyl (C=O) groups excluding carboxylic acids is 3. The molecule has 1 aromatic carbocycles. The van der Waals surface area contributed by atoms with Gasteiger partial charge in [-0.3, -0.25) is 14.4 Å². The van der Waals surface area contributed by atoms with E-state index in [1.807, 2.05) is 0 Å². The van der Waals surface area contributed by atoms with Crippen LogP contribution >= 0.6 is 0 Å². The fourth-order valence-corrected chi connectivity index (χ4v) is 5.00. The van der Waals surface area contributed by atoms with Gasteiger partial charge in [-0.05, 0) is 25.5 Å². The van der Waals surface area contributed by atoms with Crippen LogP contribution in [-0.2, 0) is 19.6 Å². The van der Waals surface area contributed by atoms with E-state index in [1.54, 1.807) is 21.9 Å². The predicted molar refractivity (Wildman–Crippen MR) is 102 cm³/mol. The summed E-state index contributed by atoms with van der Waals surface area (Å²) in [6.45, 7) is 3.58. The van der Waals surface area contributed by atoms with Crippen LogP contribution in [0.3, 0.4) is 0 Å². The van der Waals surface area contributed by atoms with Gasteiger partial charge < -0.3 is 9.80 Å². The highest BCUT2D eigenvalue weighted by atomic mass is 32.2. The minimum Gasteiger partial charge on any atom is -0.342 e. The van der Waals surface area contributed by atoms with Gasteiger partial charge in [0.05, 0.1) is 4.90 Å². The van der Waals surface area contributed by atoms with E-state index in [0.29, 0.717) is 38.2 Å². The zero-order valence-electron chi connectivity index (χ0n) is 16.0. The molecule has 152 valence electrons. The van der Waals surface area contributed by atoms with Gasteiger partial charge in [0.25, 0.3) is 0 Å². The maximum absolute atomic E-state index is 12.8. The largest absolute Gasteiger partial charge is 0.342 e. The van der Waals surface area contributed by atoms with E-state index in [1.165, 1.54) is 23.4 Å². The molecule has 1 aromatic rings. The molecule has 9 heteroatoms.